The number of para-hydroxylation sites is 4. The predicted octanol–water partition coefficient (Wildman–Crippen LogP) is 10.7. The van der Waals surface area contributed by atoms with Crippen LogP contribution in [-0.4, -0.2) is 11.9 Å². The number of nitrogens with zero attached hydrogens (tertiary/aromatic N) is 1. The minimum absolute atomic E-state index is 0.279. The average Bonchev–Trinajstić information content (AvgIpc) is 3.15. The van der Waals surface area contributed by atoms with E-state index in [-0.39, 0.29) is 5.91 Å². The van der Waals surface area contributed by atoms with Gasteiger partial charge in [0, 0.05) is 22.7 Å². The van der Waals surface area contributed by atoms with Crippen molar-refractivity contribution in [3.8, 4) is 0 Å². The fraction of sp³-hybridized carbons (Fsp3) is 0.0909. The summed E-state index contributed by atoms with van der Waals surface area (Å²) < 4.78 is 0. The molecule has 0 bridgehead atoms. The molecule has 6 aromatic carbocycles. The molecule has 6 aromatic rings. The Hall–Kier alpha value is -6.80. The maximum Gasteiger partial charge on any atom is 0.332 e. The Kier molecular flexibility index (Phi) is 11.0. The number of hydrogen-bond donors (Lipinski definition) is 5. The maximum atomic E-state index is 14.6. The molecule has 0 atom stereocenters. The Morgan fingerprint density at radius 1 is 0.462 bits per heavy atom. The Morgan fingerprint density at radius 2 is 0.962 bits per heavy atom. The molecule has 0 saturated heterocycles. The lowest BCUT2D eigenvalue weighted by molar-refractivity contribution is 0.102. The van der Waals surface area contributed by atoms with E-state index in [2.05, 4.69) is 26.6 Å². The third-order valence-electron chi connectivity index (χ3n) is 8.49. The molecule has 0 heterocycles. The maximum absolute atomic E-state index is 14.6. The predicted molar refractivity (Wildman–Crippen MR) is 215 cm³/mol. The van der Waals surface area contributed by atoms with Crippen LogP contribution in [0, 0.1) is 27.7 Å². The molecule has 52 heavy (non-hydrogen) atoms. The SMILES string of the molecule is Cc1ccc(N(C(=O)Nc2ccccc2)/C(Nc2ccccc2C)=C(\Nc2ccccc2C)Nc2ccc(C)cc2C(=O)Nc2ccccc2)cc1. The van der Waals surface area contributed by atoms with Gasteiger partial charge in [-0.3, -0.25) is 4.79 Å². The lowest BCUT2D eigenvalue weighted by atomic mass is 10.1. The number of benzene rings is 6. The second-order valence-electron chi connectivity index (χ2n) is 12.6. The average molecular weight is 687 g/mol. The van der Waals surface area contributed by atoms with E-state index in [1.54, 1.807) is 4.90 Å². The highest BCUT2D eigenvalue weighted by Crippen LogP contribution is 2.30. The van der Waals surface area contributed by atoms with Gasteiger partial charge in [0.15, 0.2) is 11.6 Å². The zero-order valence-corrected chi connectivity index (χ0v) is 29.7. The van der Waals surface area contributed by atoms with E-state index in [4.69, 9.17) is 0 Å². The van der Waals surface area contributed by atoms with Crippen LogP contribution in [0.3, 0.4) is 0 Å². The summed E-state index contributed by atoms with van der Waals surface area (Å²) in [5, 5.41) is 16.9. The van der Waals surface area contributed by atoms with E-state index in [1.165, 1.54) is 0 Å². The molecule has 0 fully saturated rings. The summed E-state index contributed by atoms with van der Waals surface area (Å²) in [4.78, 5) is 30.1. The van der Waals surface area contributed by atoms with Crippen LogP contribution in [-0.2, 0) is 0 Å². The quantitative estimate of drug-likeness (QED) is 0.0935. The number of rotatable bonds is 11. The van der Waals surface area contributed by atoms with E-state index in [9.17, 15) is 9.59 Å². The number of carbonyl (C=O) groups is 2. The van der Waals surface area contributed by atoms with E-state index in [0.29, 0.717) is 40.0 Å². The smallest absolute Gasteiger partial charge is 0.332 e. The van der Waals surface area contributed by atoms with Gasteiger partial charge in [-0.25, -0.2) is 9.69 Å². The molecule has 0 aliphatic heterocycles. The molecule has 0 saturated carbocycles. The molecule has 6 rings (SSSR count). The van der Waals surface area contributed by atoms with Gasteiger partial charge in [-0.2, -0.15) is 0 Å². The van der Waals surface area contributed by atoms with Gasteiger partial charge in [-0.1, -0.05) is 102 Å². The highest BCUT2D eigenvalue weighted by atomic mass is 16.2. The molecular formula is C44H42N6O2. The van der Waals surface area contributed by atoms with Crippen LogP contribution in [0.15, 0.2) is 163 Å². The highest BCUT2D eigenvalue weighted by Gasteiger charge is 2.27. The van der Waals surface area contributed by atoms with E-state index in [0.717, 1.165) is 33.6 Å². The van der Waals surface area contributed by atoms with Crippen molar-refractivity contribution in [2.24, 2.45) is 0 Å². The normalized spacial score (nSPS) is 11.2. The first kappa shape index (κ1) is 35.0. The van der Waals surface area contributed by atoms with Crippen molar-refractivity contribution < 1.29 is 9.59 Å². The van der Waals surface area contributed by atoms with Crippen molar-refractivity contribution in [3.05, 3.63) is 191 Å². The summed E-state index contributed by atoms with van der Waals surface area (Å²) in [5.41, 5.74) is 8.43. The Labute approximate surface area is 305 Å². The molecule has 0 radical (unpaired) electrons. The van der Waals surface area contributed by atoms with Gasteiger partial charge >= 0.3 is 6.03 Å². The van der Waals surface area contributed by atoms with Crippen molar-refractivity contribution in [1.82, 2.24) is 0 Å². The van der Waals surface area contributed by atoms with Crippen molar-refractivity contribution >= 4 is 46.1 Å². The number of aryl methyl sites for hydroxylation is 4. The zero-order chi connectivity index (χ0) is 36.5. The monoisotopic (exact) mass is 686 g/mol. The van der Waals surface area contributed by atoms with Gasteiger partial charge in [-0.15, -0.1) is 0 Å². The summed E-state index contributed by atoms with van der Waals surface area (Å²) in [6.07, 6.45) is 0. The zero-order valence-electron chi connectivity index (χ0n) is 29.7. The third kappa shape index (κ3) is 8.67. The summed E-state index contributed by atoms with van der Waals surface area (Å²) >= 11 is 0. The Bertz CT molecular complexity index is 2200. The van der Waals surface area contributed by atoms with Gasteiger partial charge in [0.1, 0.15) is 0 Å². The molecule has 0 spiro atoms. The van der Waals surface area contributed by atoms with Crippen molar-refractivity contribution in [1.29, 1.82) is 0 Å². The lowest BCUT2D eigenvalue weighted by Crippen LogP contribution is -2.40. The molecule has 260 valence electrons. The largest absolute Gasteiger partial charge is 0.339 e. The number of carbonyl (C=O) groups excluding carboxylic acids is 2. The van der Waals surface area contributed by atoms with Gasteiger partial charge in [0.25, 0.3) is 5.91 Å². The van der Waals surface area contributed by atoms with Gasteiger partial charge in [-0.05, 0) is 99.5 Å². The number of nitrogens with one attached hydrogen (secondary N) is 5. The Morgan fingerprint density at radius 3 is 1.56 bits per heavy atom. The van der Waals surface area contributed by atoms with Gasteiger partial charge in [0.2, 0.25) is 0 Å². The fourth-order valence-electron chi connectivity index (χ4n) is 5.62. The molecular weight excluding hydrogens is 645 g/mol. The van der Waals surface area contributed by atoms with Crippen LogP contribution >= 0.6 is 0 Å². The van der Waals surface area contributed by atoms with Crippen LogP contribution in [0.4, 0.5) is 38.9 Å². The van der Waals surface area contributed by atoms with Crippen LogP contribution in [0.25, 0.3) is 0 Å². The standard InChI is InChI=1S/C44H42N6O2/c1-30-23-26-36(27-24-30)50(44(52)46-35-19-9-6-10-20-35)42(49-39-22-14-12-16-33(39)4)41(47-38-21-13-11-15-32(38)3)48-40-28-25-31(2)29-37(40)43(51)45-34-17-7-5-8-18-34/h5-29,47-49H,1-4H3,(H,45,51)(H,46,52)/b42-41+. The molecule has 0 unspecified atom stereocenters. The number of amides is 3. The van der Waals surface area contributed by atoms with Crippen molar-refractivity contribution in [2.75, 3.05) is 31.5 Å². The lowest BCUT2D eigenvalue weighted by Gasteiger charge is -2.31. The first-order chi connectivity index (χ1) is 25.2. The number of anilines is 6. The molecule has 0 aliphatic rings. The minimum atomic E-state index is -0.400. The first-order valence-electron chi connectivity index (χ1n) is 17.1. The molecule has 0 aromatic heterocycles. The molecule has 8 nitrogen and oxygen atoms in total. The van der Waals surface area contributed by atoms with Gasteiger partial charge in [0.05, 0.1) is 16.9 Å². The summed E-state index contributed by atoms with van der Waals surface area (Å²) in [6, 6.07) is 47.5. The van der Waals surface area contributed by atoms with Crippen molar-refractivity contribution in [2.45, 2.75) is 27.7 Å². The summed E-state index contributed by atoms with van der Waals surface area (Å²) in [6.45, 7) is 7.98. The second-order valence-corrected chi connectivity index (χ2v) is 12.6. The number of hydrogen-bond acceptors (Lipinski definition) is 5. The number of urea groups is 1. The van der Waals surface area contributed by atoms with Crippen LogP contribution in [0.1, 0.15) is 32.6 Å². The summed E-state index contributed by atoms with van der Waals surface area (Å²) in [7, 11) is 0. The van der Waals surface area contributed by atoms with E-state index < -0.39 is 6.03 Å². The van der Waals surface area contributed by atoms with E-state index in [1.807, 2.05) is 179 Å². The third-order valence-corrected chi connectivity index (χ3v) is 8.49. The Balaban J connectivity index is 1.57. The van der Waals surface area contributed by atoms with Crippen LogP contribution < -0.4 is 31.5 Å². The van der Waals surface area contributed by atoms with Crippen molar-refractivity contribution in [3.63, 3.8) is 0 Å². The summed E-state index contributed by atoms with van der Waals surface area (Å²) in [5.74, 6) is 0.544. The van der Waals surface area contributed by atoms with Crippen LogP contribution in [0.2, 0.25) is 0 Å². The minimum Gasteiger partial charge on any atom is -0.339 e. The molecule has 0 aliphatic carbocycles. The first-order valence-corrected chi connectivity index (χ1v) is 17.1. The van der Waals surface area contributed by atoms with Crippen LogP contribution in [0.5, 0.6) is 0 Å². The fourth-order valence-corrected chi connectivity index (χ4v) is 5.62. The van der Waals surface area contributed by atoms with E-state index >= 15 is 0 Å². The highest BCUT2D eigenvalue weighted by molar-refractivity contribution is 6.09. The molecule has 5 N–H and O–H groups in total. The van der Waals surface area contributed by atoms with Gasteiger partial charge < -0.3 is 26.6 Å². The second kappa shape index (κ2) is 16.3. The molecule has 3 amide bonds. The molecule has 8 heteroatoms. The topological polar surface area (TPSA) is 97.5 Å².